The minimum absolute atomic E-state index is 0.129. The minimum atomic E-state index is -3.32. The molecule has 0 aliphatic carbocycles. The fourth-order valence-corrected chi connectivity index (χ4v) is 5.19. The lowest BCUT2D eigenvalue weighted by atomic mass is 10.0. The number of aryl methyl sites for hydroxylation is 1. The van der Waals surface area contributed by atoms with Crippen LogP contribution in [0.1, 0.15) is 25.3 Å². The molecule has 2 N–H and O–H groups in total. The molecular weight excluding hydrogens is 394 g/mol. The monoisotopic (exact) mass is 417 g/mol. The van der Waals surface area contributed by atoms with Crippen LogP contribution < -0.4 is 24.4 Å². The molecule has 2 aromatic carbocycles. The molecule has 29 heavy (non-hydrogen) atoms. The van der Waals surface area contributed by atoms with Crippen LogP contribution in [0.3, 0.4) is 0 Å². The van der Waals surface area contributed by atoms with Gasteiger partial charge in [-0.1, -0.05) is 6.92 Å². The number of nitrogens with one attached hydrogen (secondary N) is 2. The van der Waals surface area contributed by atoms with Gasteiger partial charge < -0.3 is 20.1 Å². The van der Waals surface area contributed by atoms with Crippen LogP contribution in [-0.2, 0) is 16.4 Å². The number of hydrogen-bond donors (Lipinski definition) is 2. The van der Waals surface area contributed by atoms with E-state index < -0.39 is 16.1 Å². The molecule has 2 aromatic rings. The van der Waals surface area contributed by atoms with E-state index in [1.54, 1.807) is 30.3 Å². The number of carbonyl (C=O) groups is 1. The summed E-state index contributed by atoms with van der Waals surface area (Å²) in [5, 5.41) is 5.55. The first-order valence-corrected chi connectivity index (χ1v) is 11.2. The van der Waals surface area contributed by atoms with Gasteiger partial charge in [-0.3, -0.25) is 4.31 Å². The fourth-order valence-electron chi connectivity index (χ4n) is 3.57. The second-order valence-electron chi connectivity index (χ2n) is 6.98. The Morgan fingerprint density at radius 1 is 1.07 bits per heavy atom. The van der Waals surface area contributed by atoms with E-state index in [0.29, 0.717) is 41.5 Å². The maximum atomic E-state index is 12.5. The van der Waals surface area contributed by atoms with E-state index >= 15 is 0 Å². The summed E-state index contributed by atoms with van der Waals surface area (Å²) >= 11 is 0. The van der Waals surface area contributed by atoms with Gasteiger partial charge in [0.2, 0.25) is 16.8 Å². The lowest BCUT2D eigenvalue weighted by Crippen LogP contribution is -2.37. The molecule has 0 saturated carbocycles. The number of benzene rings is 2. The largest absolute Gasteiger partial charge is 0.454 e. The number of rotatable bonds is 5. The number of urea groups is 1. The molecule has 2 aliphatic heterocycles. The summed E-state index contributed by atoms with van der Waals surface area (Å²) in [4.78, 5) is 12.4. The second kappa shape index (κ2) is 7.82. The first kappa shape index (κ1) is 19.4. The van der Waals surface area contributed by atoms with Crippen molar-refractivity contribution < 1.29 is 22.7 Å². The topological polar surface area (TPSA) is 97.0 Å². The van der Waals surface area contributed by atoms with Gasteiger partial charge in [-0.2, -0.15) is 0 Å². The van der Waals surface area contributed by atoms with Crippen molar-refractivity contribution in [2.75, 3.05) is 34.0 Å². The van der Waals surface area contributed by atoms with Crippen LogP contribution in [0.4, 0.5) is 21.9 Å². The molecule has 2 heterocycles. The third kappa shape index (κ3) is 4.09. The van der Waals surface area contributed by atoms with E-state index in [-0.39, 0.29) is 12.5 Å². The number of amides is 2. The highest BCUT2D eigenvalue weighted by molar-refractivity contribution is 7.92. The molecule has 0 bridgehead atoms. The number of anilines is 3. The van der Waals surface area contributed by atoms with Crippen LogP contribution in [0, 0.1) is 0 Å². The van der Waals surface area contributed by atoms with Gasteiger partial charge in [0.25, 0.3) is 0 Å². The van der Waals surface area contributed by atoms with E-state index in [2.05, 4.69) is 10.6 Å². The molecular formula is C20H23N3O5S. The van der Waals surface area contributed by atoms with Crippen molar-refractivity contribution in [2.45, 2.75) is 26.2 Å². The van der Waals surface area contributed by atoms with E-state index in [9.17, 15) is 13.2 Å². The zero-order valence-electron chi connectivity index (χ0n) is 16.1. The Kier molecular flexibility index (Phi) is 5.23. The number of carbonyl (C=O) groups excluding carboxylic acids is 1. The first-order valence-electron chi connectivity index (χ1n) is 9.57. The summed E-state index contributed by atoms with van der Waals surface area (Å²) in [5.41, 5.74) is 2.81. The fraction of sp³-hybridized carbons (Fsp3) is 0.350. The Balaban J connectivity index is 1.47. The normalized spacial score (nSPS) is 15.0. The molecule has 0 spiro atoms. The molecule has 0 aromatic heterocycles. The molecule has 4 rings (SSSR count). The molecule has 154 valence electrons. The lowest BCUT2D eigenvalue weighted by molar-refractivity contribution is 0.174. The van der Waals surface area contributed by atoms with Crippen LogP contribution in [0.15, 0.2) is 36.4 Å². The second-order valence-corrected chi connectivity index (χ2v) is 9.00. The summed E-state index contributed by atoms with van der Waals surface area (Å²) in [5.74, 6) is 1.36. The molecule has 0 atom stereocenters. The summed E-state index contributed by atoms with van der Waals surface area (Å²) in [6, 6.07) is 10.1. The van der Waals surface area contributed by atoms with Crippen LogP contribution >= 0.6 is 0 Å². The Bertz CT molecular complexity index is 1040. The van der Waals surface area contributed by atoms with Crippen molar-refractivity contribution in [3.05, 3.63) is 42.0 Å². The Labute approximate surface area is 169 Å². The van der Waals surface area contributed by atoms with Crippen molar-refractivity contribution in [2.24, 2.45) is 0 Å². The Morgan fingerprint density at radius 2 is 1.79 bits per heavy atom. The van der Waals surface area contributed by atoms with Crippen molar-refractivity contribution >= 4 is 33.1 Å². The van der Waals surface area contributed by atoms with Crippen molar-refractivity contribution in [3.8, 4) is 11.5 Å². The minimum Gasteiger partial charge on any atom is -0.454 e. The standard InChI is InChI=1S/C20H23N3O5S/c1-2-10-29(25,26)23-9-3-4-14-11-15(5-7-17(14)23)21-20(24)22-16-6-8-18-19(12-16)28-13-27-18/h5-8,11-12H,2-4,9-10,13H2,1H3,(H2,21,22,24). The zero-order valence-corrected chi connectivity index (χ0v) is 16.9. The van der Waals surface area contributed by atoms with Gasteiger partial charge in [0, 0.05) is 24.0 Å². The Hall–Kier alpha value is -2.94. The smallest absolute Gasteiger partial charge is 0.323 e. The van der Waals surface area contributed by atoms with Gasteiger partial charge in [-0.15, -0.1) is 0 Å². The van der Waals surface area contributed by atoms with Crippen LogP contribution in [0.2, 0.25) is 0 Å². The van der Waals surface area contributed by atoms with E-state index in [4.69, 9.17) is 9.47 Å². The molecule has 0 radical (unpaired) electrons. The average molecular weight is 417 g/mol. The molecule has 8 nitrogen and oxygen atoms in total. The van der Waals surface area contributed by atoms with Gasteiger partial charge in [0.05, 0.1) is 11.4 Å². The van der Waals surface area contributed by atoms with Crippen LogP contribution in [0.25, 0.3) is 0 Å². The van der Waals surface area contributed by atoms with Crippen molar-refractivity contribution in [1.29, 1.82) is 0 Å². The molecule has 2 aliphatic rings. The number of sulfonamides is 1. The van der Waals surface area contributed by atoms with E-state index in [0.717, 1.165) is 18.4 Å². The van der Waals surface area contributed by atoms with Gasteiger partial charge in [0.1, 0.15) is 0 Å². The highest BCUT2D eigenvalue weighted by atomic mass is 32.2. The summed E-state index contributed by atoms with van der Waals surface area (Å²) in [7, 11) is -3.32. The quantitative estimate of drug-likeness (QED) is 0.775. The molecule has 9 heteroatoms. The highest BCUT2D eigenvalue weighted by Crippen LogP contribution is 2.34. The van der Waals surface area contributed by atoms with Gasteiger partial charge in [-0.05, 0) is 55.2 Å². The van der Waals surface area contributed by atoms with Crippen molar-refractivity contribution in [3.63, 3.8) is 0 Å². The van der Waals surface area contributed by atoms with Gasteiger partial charge in [-0.25, -0.2) is 13.2 Å². The maximum Gasteiger partial charge on any atom is 0.323 e. The van der Waals surface area contributed by atoms with Gasteiger partial charge in [0.15, 0.2) is 11.5 Å². The maximum absolute atomic E-state index is 12.5. The van der Waals surface area contributed by atoms with Crippen LogP contribution in [0.5, 0.6) is 11.5 Å². The predicted molar refractivity (Wildman–Crippen MR) is 111 cm³/mol. The molecule has 0 unspecified atom stereocenters. The molecule has 0 saturated heterocycles. The number of fused-ring (bicyclic) bond motifs is 2. The third-order valence-electron chi connectivity index (χ3n) is 4.84. The Morgan fingerprint density at radius 3 is 2.59 bits per heavy atom. The van der Waals surface area contributed by atoms with E-state index in [1.807, 2.05) is 13.0 Å². The molecule has 0 fully saturated rings. The highest BCUT2D eigenvalue weighted by Gasteiger charge is 2.27. The summed E-state index contributed by atoms with van der Waals surface area (Å²) in [6.07, 6.45) is 2.10. The summed E-state index contributed by atoms with van der Waals surface area (Å²) < 4.78 is 37.1. The van der Waals surface area contributed by atoms with Gasteiger partial charge >= 0.3 is 6.03 Å². The van der Waals surface area contributed by atoms with Crippen molar-refractivity contribution in [1.82, 2.24) is 0 Å². The number of nitrogens with zero attached hydrogens (tertiary/aromatic N) is 1. The van der Waals surface area contributed by atoms with Crippen LogP contribution in [-0.4, -0.2) is 33.5 Å². The number of hydrogen-bond acceptors (Lipinski definition) is 5. The zero-order chi connectivity index (χ0) is 20.4. The third-order valence-corrected chi connectivity index (χ3v) is 6.82. The lowest BCUT2D eigenvalue weighted by Gasteiger charge is -2.30. The average Bonchev–Trinajstić information content (AvgIpc) is 3.15. The number of ether oxygens (including phenoxy) is 2. The predicted octanol–water partition coefficient (Wildman–Crippen LogP) is 3.55. The SMILES string of the molecule is CCCS(=O)(=O)N1CCCc2cc(NC(=O)Nc3ccc4c(c3)OCO4)ccc21. The molecule has 2 amide bonds. The van der Waals surface area contributed by atoms with E-state index in [1.165, 1.54) is 4.31 Å². The first-order chi connectivity index (χ1) is 14.0. The summed E-state index contributed by atoms with van der Waals surface area (Å²) in [6.45, 7) is 2.52.